The molecular weight excluding hydrogens is 959 g/mol. The van der Waals surface area contributed by atoms with E-state index in [1.54, 1.807) is 78.1 Å². The summed E-state index contributed by atoms with van der Waals surface area (Å²) in [5, 5.41) is 42.5. The van der Waals surface area contributed by atoms with Crippen LogP contribution in [0.2, 0.25) is 0 Å². The van der Waals surface area contributed by atoms with Gasteiger partial charge >= 0.3 is 5.97 Å². The van der Waals surface area contributed by atoms with E-state index in [1.165, 1.54) is 13.8 Å². The molecule has 0 aliphatic carbocycles. The van der Waals surface area contributed by atoms with E-state index in [0.717, 1.165) is 16.5 Å². The van der Waals surface area contributed by atoms with Crippen LogP contribution in [0, 0.1) is 17.8 Å². The lowest BCUT2D eigenvalue weighted by atomic mass is 10.0. The van der Waals surface area contributed by atoms with Crippen LogP contribution in [0.15, 0.2) is 60.8 Å². The quantitative estimate of drug-likeness (QED) is 0.0388. The second kappa shape index (κ2) is 30.0. The first-order chi connectivity index (χ1) is 34.9. The molecule has 0 spiro atoms. The Hall–Kier alpha value is -7.40. The number of aliphatic carboxylic acids is 1. The first-order valence-corrected chi connectivity index (χ1v) is 24.7. The van der Waals surface area contributed by atoms with Crippen LogP contribution in [0.1, 0.15) is 85.8 Å². The average Bonchev–Trinajstić information content (AvgIpc) is 3.75. The van der Waals surface area contributed by atoms with Gasteiger partial charge in [0.05, 0.1) is 25.7 Å². The smallest absolute Gasteiger partial charge is 0.326 e. The highest BCUT2D eigenvalue weighted by molar-refractivity contribution is 5.97. The monoisotopic (exact) mass is 1030 g/mol. The van der Waals surface area contributed by atoms with E-state index in [0.29, 0.717) is 5.56 Å². The van der Waals surface area contributed by atoms with Crippen LogP contribution in [0.25, 0.3) is 10.9 Å². The largest absolute Gasteiger partial charge is 0.480 e. The summed E-state index contributed by atoms with van der Waals surface area (Å²) in [7, 11) is 0. The van der Waals surface area contributed by atoms with Crippen LogP contribution >= 0.6 is 0 Å². The van der Waals surface area contributed by atoms with E-state index in [9.17, 15) is 58.2 Å². The topological polar surface area (TPSA) is 361 Å². The summed E-state index contributed by atoms with van der Waals surface area (Å²) < 4.78 is 0. The first-order valence-electron chi connectivity index (χ1n) is 24.7. The Labute approximate surface area is 430 Å². The summed E-state index contributed by atoms with van der Waals surface area (Å²) in [6.07, 6.45) is 2.33. The SMILES string of the molecule is CC(C)C[C@H](NC(=O)[C@H](CO)NC(=O)CNC(=O)[C@H](CC(C)C)NC(=O)[C@H](C)NC(=O)[C@H](CC(C)C)NC(=O)CNC(=O)[C@H](Cc1ccccc1)NC(=O)[C@H](C)NC(=O)[C@@H](N)Cc1c[nH]c2ccccc12)C(=O)O. The number of benzene rings is 2. The zero-order valence-electron chi connectivity index (χ0n) is 43.3. The predicted molar refractivity (Wildman–Crippen MR) is 274 cm³/mol. The maximum Gasteiger partial charge on any atom is 0.326 e. The number of aromatic amines is 1. The van der Waals surface area contributed by atoms with E-state index >= 15 is 0 Å². The molecule has 406 valence electrons. The number of carboxylic acids is 1. The number of H-pyrrole nitrogens is 1. The highest BCUT2D eigenvalue weighted by Crippen LogP contribution is 2.19. The summed E-state index contributed by atoms with van der Waals surface area (Å²) >= 11 is 0. The second-order valence-electron chi connectivity index (χ2n) is 19.6. The Bertz CT molecular complexity index is 2410. The number of carboxylic acid groups (broad SMARTS) is 1. The number of fused-ring (bicyclic) bond motifs is 1. The number of amides is 9. The molecule has 14 N–H and O–H groups in total. The molecule has 1 heterocycles. The molecule has 0 radical (unpaired) electrons. The number of aromatic nitrogens is 1. The van der Waals surface area contributed by atoms with Gasteiger partial charge in [0.2, 0.25) is 53.2 Å². The number of para-hydroxylation sites is 1. The van der Waals surface area contributed by atoms with Crippen molar-refractivity contribution in [1.29, 1.82) is 0 Å². The molecule has 0 unspecified atom stereocenters. The van der Waals surface area contributed by atoms with Gasteiger partial charge in [-0.1, -0.05) is 90.1 Å². The van der Waals surface area contributed by atoms with Gasteiger partial charge in [0.1, 0.15) is 42.3 Å². The van der Waals surface area contributed by atoms with Crippen molar-refractivity contribution in [2.45, 2.75) is 136 Å². The van der Waals surface area contributed by atoms with E-state index in [1.807, 2.05) is 24.3 Å². The molecule has 0 bridgehead atoms. The van der Waals surface area contributed by atoms with Gasteiger partial charge in [-0.2, -0.15) is 0 Å². The van der Waals surface area contributed by atoms with Gasteiger partial charge < -0.3 is 68.8 Å². The molecule has 8 atom stereocenters. The average molecular weight is 1030 g/mol. The Morgan fingerprint density at radius 1 is 0.500 bits per heavy atom. The number of aliphatic hydroxyl groups excluding tert-OH is 1. The number of aliphatic hydroxyl groups is 1. The molecule has 2 aromatic carbocycles. The van der Waals surface area contributed by atoms with Crippen molar-refractivity contribution in [3.63, 3.8) is 0 Å². The molecule has 3 aromatic rings. The van der Waals surface area contributed by atoms with E-state index < -0.39 is 127 Å². The zero-order valence-corrected chi connectivity index (χ0v) is 43.3. The van der Waals surface area contributed by atoms with Gasteiger partial charge in [-0.3, -0.25) is 43.2 Å². The van der Waals surface area contributed by atoms with Crippen molar-refractivity contribution in [3.8, 4) is 0 Å². The highest BCUT2D eigenvalue weighted by Gasteiger charge is 2.32. The summed E-state index contributed by atoms with van der Waals surface area (Å²) in [5.41, 5.74) is 8.64. The first kappa shape index (κ1) is 60.9. The Kier molecular flexibility index (Phi) is 24.7. The van der Waals surface area contributed by atoms with Crippen LogP contribution < -0.4 is 53.6 Å². The minimum atomic E-state index is -1.52. The molecule has 0 aliphatic rings. The van der Waals surface area contributed by atoms with Crippen LogP contribution in [0.4, 0.5) is 0 Å². The molecule has 0 saturated heterocycles. The normalized spacial score (nSPS) is 14.5. The van der Waals surface area contributed by atoms with Gasteiger partial charge in [-0.15, -0.1) is 0 Å². The van der Waals surface area contributed by atoms with Crippen LogP contribution in [0.5, 0.6) is 0 Å². The standard InChI is InChI=1S/C51H75N11O12/c1-27(2)18-37(47(69)54-25-43(65)59-41(26-63)50(72)62-40(51(73)74)20-29(5)6)60-45(67)31(8)57-49(71)38(19-28(3)4)58-42(64)24-55-48(70)39(21-32-14-10-9-11-15-32)61-44(66)30(7)56-46(68)35(52)22-33-23-53-36-17-13-12-16-34(33)36/h9-17,23,27-31,35,37-41,53,63H,18-22,24-26,52H2,1-8H3,(H,54,69)(H,55,70)(H,56,68)(H,57,71)(H,58,64)(H,59,65)(H,60,67)(H,61,66)(H,62,72)(H,73,74)/t30-,31-,35-,37-,38-,39-,40-,41-/m0/s1. The molecule has 0 saturated carbocycles. The molecule has 0 fully saturated rings. The van der Waals surface area contributed by atoms with Crippen molar-refractivity contribution in [3.05, 3.63) is 71.9 Å². The number of hydrogen-bond acceptors (Lipinski definition) is 12. The fourth-order valence-corrected chi connectivity index (χ4v) is 7.69. The van der Waals surface area contributed by atoms with Gasteiger partial charge in [-0.25, -0.2) is 4.79 Å². The lowest BCUT2D eigenvalue weighted by Gasteiger charge is -2.25. The molecule has 0 aliphatic heterocycles. The third-order valence-corrected chi connectivity index (χ3v) is 11.6. The Morgan fingerprint density at radius 3 is 1.49 bits per heavy atom. The van der Waals surface area contributed by atoms with Crippen molar-refractivity contribution in [1.82, 2.24) is 52.8 Å². The highest BCUT2D eigenvalue weighted by atomic mass is 16.4. The number of carbonyl (C=O) groups excluding carboxylic acids is 9. The number of carbonyl (C=O) groups is 10. The maximum absolute atomic E-state index is 13.6. The summed E-state index contributed by atoms with van der Waals surface area (Å²) in [5.74, 6) is -8.51. The molecule has 1 aromatic heterocycles. The van der Waals surface area contributed by atoms with Gasteiger partial charge in [0.25, 0.3) is 0 Å². The van der Waals surface area contributed by atoms with Gasteiger partial charge in [-0.05, 0) is 74.5 Å². The van der Waals surface area contributed by atoms with Crippen molar-refractivity contribution in [2.75, 3.05) is 19.7 Å². The summed E-state index contributed by atoms with van der Waals surface area (Å²) in [4.78, 5) is 134. The Morgan fingerprint density at radius 2 is 0.946 bits per heavy atom. The van der Waals surface area contributed by atoms with Crippen LogP contribution in [-0.2, 0) is 60.8 Å². The third kappa shape index (κ3) is 20.6. The van der Waals surface area contributed by atoms with Crippen LogP contribution in [-0.4, -0.2) is 142 Å². The minimum absolute atomic E-state index is 0.0237. The summed E-state index contributed by atoms with van der Waals surface area (Å²) in [6, 6.07) is 6.68. The number of nitrogens with two attached hydrogens (primary N) is 1. The van der Waals surface area contributed by atoms with Gasteiger partial charge in [0.15, 0.2) is 0 Å². The molecule has 3 rings (SSSR count). The predicted octanol–water partition coefficient (Wildman–Crippen LogP) is -0.839. The van der Waals surface area contributed by atoms with Crippen molar-refractivity contribution < 1.29 is 58.2 Å². The zero-order chi connectivity index (χ0) is 55.2. The molecule has 9 amide bonds. The fraction of sp³-hybridized carbons (Fsp3) is 0.529. The van der Waals surface area contributed by atoms with Crippen molar-refractivity contribution in [2.24, 2.45) is 23.5 Å². The van der Waals surface area contributed by atoms with E-state index in [-0.39, 0.29) is 49.9 Å². The number of nitrogens with one attached hydrogen (secondary N) is 10. The molecule has 74 heavy (non-hydrogen) atoms. The number of rotatable bonds is 30. The Balaban J connectivity index is 1.58. The lowest BCUT2D eigenvalue weighted by Crippen LogP contribution is -2.58. The third-order valence-electron chi connectivity index (χ3n) is 11.6. The van der Waals surface area contributed by atoms with E-state index in [4.69, 9.17) is 5.73 Å². The molecule has 23 heteroatoms. The fourth-order valence-electron chi connectivity index (χ4n) is 7.69. The lowest BCUT2D eigenvalue weighted by molar-refractivity contribution is -0.143. The molecular formula is C51H75N11O12. The van der Waals surface area contributed by atoms with Gasteiger partial charge in [0, 0.05) is 23.5 Å². The maximum atomic E-state index is 13.6. The second-order valence-corrected chi connectivity index (χ2v) is 19.6. The van der Waals surface area contributed by atoms with Crippen LogP contribution in [0.3, 0.4) is 0 Å². The van der Waals surface area contributed by atoms with E-state index in [2.05, 4.69) is 52.8 Å². The summed E-state index contributed by atoms with van der Waals surface area (Å²) in [6.45, 7) is 11.4. The molecule has 23 nitrogen and oxygen atoms in total. The minimum Gasteiger partial charge on any atom is -0.480 e. The van der Waals surface area contributed by atoms with Crippen molar-refractivity contribution >= 4 is 70.0 Å². The number of hydrogen-bond donors (Lipinski definition) is 13.